The lowest BCUT2D eigenvalue weighted by atomic mass is 9.94. The molecular formula is C18H26BrNO2. The van der Waals surface area contributed by atoms with Gasteiger partial charge in [0.05, 0.1) is 12.2 Å². The van der Waals surface area contributed by atoms with Gasteiger partial charge in [0.1, 0.15) is 5.75 Å². The van der Waals surface area contributed by atoms with Gasteiger partial charge in [0.25, 0.3) is 5.91 Å². The number of ether oxygens (including phenoxy) is 1. The van der Waals surface area contributed by atoms with Crippen LogP contribution in [0.3, 0.4) is 0 Å². The Balaban J connectivity index is 2.17. The monoisotopic (exact) mass is 367 g/mol. The van der Waals surface area contributed by atoms with Crippen LogP contribution >= 0.6 is 15.9 Å². The number of carbonyl (C=O) groups excluding carboxylic acids is 1. The van der Waals surface area contributed by atoms with Crippen molar-refractivity contribution in [2.45, 2.75) is 52.0 Å². The SMILES string of the molecule is CC(C)COc1ccc(Br)cc1C(=O)N(C)C1CCCCC1. The Morgan fingerprint density at radius 1 is 1.32 bits per heavy atom. The molecule has 122 valence electrons. The number of amides is 1. The quantitative estimate of drug-likeness (QED) is 0.741. The first-order valence-electron chi connectivity index (χ1n) is 8.18. The number of nitrogens with zero attached hydrogens (tertiary/aromatic N) is 1. The van der Waals surface area contributed by atoms with Crippen molar-refractivity contribution >= 4 is 21.8 Å². The Morgan fingerprint density at radius 3 is 2.64 bits per heavy atom. The van der Waals surface area contributed by atoms with Crippen LogP contribution in [-0.2, 0) is 0 Å². The van der Waals surface area contributed by atoms with Crippen LogP contribution in [0, 0.1) is 5.92 Å². The molecule has 1 saturated carbocycles. The van der Waals surface area contributed by atoms with E-state index in [1.54, 1.807) is 0 Å². The van der Waals surface area contributed by atoms with Gasteiger partial charge in [-0.05, 0) is 37.0 Å². The van der Waals surface area contributed by atoms with Crippen molar-refractivity contribution in [3.8, 4) is 5.75 Å². The van der Waals surface area contributed by atoms with Crippen LogP contribution in [-0.4, -0.2) is 30.5 Å². The molecule has 0 aliphatic heterocycles. The molecule has 0 spiro atoms. The van der Waals surface area contributed by atoms with Gasteiger partial charge in [0, 0.05) is 17.6 Å². The van der Waals surface area contributed by atoms with Gasteiger partial charge in [-0.15, -0.1) is 0 Å². The van der Waals surface area contributed by atoms with E-state index >= 15 is 0 Å². The van der Waals surface area contributed by atoms with E-state index in [0.29, 0.717) is 29.9 Å². The Kier molecular flexibility index (Phi) is 6.30. The largest absolute Gasteiger partial charge is 0.492 e. The molecule has 2 rings (SSSR count). The summed E-state index contributed by atoms with van der Waals surface area (Å²) >= 11 is 3.46. The molecule has 1 amide bonds. The van der Waals surface area contributed by atoms with Gasteiger partial charge in [-0.3, -0.25) is 4.79 Å². The standard InChI is InChI=1S/C18H26BrNO2/c1-13(2)12-22-17-10-9-14(19)11-16(17)18(21)20(3)15-7-5-4-6-8-15/h9-11,13,15H,4-8,12H2,1-3H3. The second-order valence-electron chi connectivity index (χ2n) is 6.55. The van der Waals surface area contributed by atoms with Crippen molar-refractivity contribution in [2.24, 2.45) is 5.92 Å². The van der Waals surface area contributed by atoms with Crippen molar-refractivity contribution in [3.63, 3.8) is 0 Å². The highest BCUT2D eigenvalue weighted by Crippen LogP contribution is 2.28. The lowest BCUT2D eigenvalue weighted by molar-refractivity contribution is 0.0691. The van der Waals surface area contributed by atoms with Crippen LogP contribution in [0.25, 0.3) is 0 Å². The minimum atomic E-state index is 0.0620. The molecule has 3 nitrogen and oxygen atoms in total. The first-order chi connectivity index (χ1) is 10.5. The average Bonchev–Trinajstić information content (AvgIpc) is 2.53. The molecule has 1 fully saturated rings. The summed E-state index contributed by atoms with van der Waals surface area (Å²) in [5.74, 6) is 1.18. The fraction of sp³-hybridized carbons (Fsp3) is 0.611. The summed E-state index contributed by atoms with van der Waals surface area (Å²) in [7, 11) is 1.92. The van der Waals surface area contributed by atoms with Crippen molar-refractivity contribution < 1.29 is 9.53 Å². The van der Waals surface area contributed by atoms with E-state index < -0.39 is 0 Å². The predicted molar refractivity (Wildman–Crippen MR) is 93.4 cm³/mol. The topological polar surface area (TPSA) is 29.5 Å². The first kappa shape index (κ1) is 17.3. The van der Waals surface area contributed by atoms with Gasteiger partial charge >= 0.3 is 0 Å². The minimum absolute atomic E-state index is 0.0620. The zero-order valence-electron chi connectivity index (χ0n) is 13.8. The first-order valence-corrected chi connectivity index (χ1v) is 8.98. The maximum atomic E-state index is 12.9. The van der Waals surface area contributed by atoms with E-state index in [2.05, 4.69) is 29.8 Å². The molecular weight excluding hydrogens is 342 g/mol. The zero-order valence-corrected chi connectivity index (χ0v) is 15.4. The lowest BCUT2D eigenvalue weighted by Gasteiger charge is -2.31. The Hall–Kier alpha value is -1.03. The number of hydrogen-bond donors (Lipinski definition) is 0. The highest BCUT2D eigenvalue weighted by atomic mass is 79.9. The van der Waals surface area contributed by atoms with E-state index in [4.69, 9.17) is 4.74 Å². The maximum absolute atomic E-state index is 12.9. The Morgan fingerprint density at radius 2 is 2.00 bits per heavy atom. The van der Waals surface area contributed by atoms with E-state index in [0.717, 1.165) is 17.3 Å². The van der Waals surface area contributed by atoms with Crippen molar-refractivity contribution in [1.82, 2.24) is 4.90 Å². The summed E-state index contributed by atoms with van der Waals surface area (Å²) in [6.07, 6.45) is 5.95. The third-order valence-corrected chi connectivity index (χ3v) is 4.68. The summed E-state index contributed by atoms with van der Waals surface area (Å²) in [6.45, 7) is 4.83. The Labute approximate surface area is 142 Å². The van der Waals surface area contributed by atoms with E-state index in [1.165, 1.54) is 19.3 Å². The number of rotatable bonds is 5. The Bertz CT molecular complexity index is 510. The van der Waals surface area contributed by atoms with Crippen LogP contribution in [0.4, 0.5) is 0 Å². The van der Waals surface area contributed by atoms with E-state index in [-0.39, 0.29) is 5.91 Å². The third kappa shape index (κ3) is 4.48. The van der Waals surface area contributed by atoms with Gasteiger partial charge in [-0.1, -0.05) is 49.0 Å². The minimum Gasteiger partial charge on any atom is -0.492 e. The number of carbonyl (C=O) groups is 1. The number of halogens is 1. The smallest absolute Gasteiger partial charge is 0.257 e. The summed E-state index contributed by atoms with van der Waals surface area (Å²) in [5, 5.41) is 0. The second-order valence-corrected chi connectivity index (χ2v) is 7.47. The molecule has 0 atom stereocenters. The van der Waals surface area contributed by atoms with Crippen molar-refractivity contribution in [1.29, 1.82) is 0 Å². The molecule has 0 N–H and O–H groups in total. The average molecular weight is 368 g/mol. The molecule has 0 unspecified atom stereocenters. The molecule has 22 heavy (non-hydrogen) atoms. The summed E-state index contributed by atoms with van der Waals surface area (Å²) in [4.78, 5) is 14.8. The van der Waals surface area contributed by atoms with Gasteiger partial charge in [0.2, 0.25) is 0 Å². The molecule has 1 aromatic carbocycles. The molecule has 1 aromatic rings. The molecule has 0 heterocycles. The van der Waals surface area contributed by atoms with Crippen LogP contribution in [0.1, 0.15) is 56.3 Å². The maximum Gasteiger partial charge on any atom is 0.257 e. The second kappa shape index (κ2) is 8.00. The summed E-state index contributed by atoms with van der Waals surface area (Å²) in [5.41, 5.74) is 0.656. The lowest BCUT2D eigenvalue weighted by Crippen LogP contribution is -2.38. The molecule has 0 saturated heterocycles. The molecule has 4 heteroatoms. The summed E-state index contributed by atoms with van der Waals surface area (Å²) in [6, 6.07) is 6.04. The molecule has 0 radical (unpaired) electrons. The van der Waals surface area contributed by atoms with E-state index in [1.807, 2.05) is 30.1 Å². The molecule has 0 aromatic heterocycles. The predicted octanol–water partition coefficient (Wildman–Crippen LogP) is 4.89. The van der Waals surface area contributed by atoms with Crippen molar-refractivity contribution in [3.05, 3.63) is 28.2 Å². The van der Waals surface area contributed by atoms with Gasteiger partial charge in [0.15, 0.2) is 0 Å². The zero-order chi connectivity index (χ0) is 16.1. The third-order valence-electron chi connectivity index (χ3n) is 4.19. The highest BCUT2D eigenvalue weighted by molar-refractivity contribution is 9.10. The van der Waals surface area contributed by atoms with Crippen molar-refractivity contribution in [2.75, 3.05) is 13.7 Å². The van der Waals surface area contributed by atoms with Gasteiger partial charge < -0.3 is 9.64 Å². The van der Waals surface area contributed by atoms with Crippen LogP contribution in [0.2, 0.25) is 0 Å². The fourth-order valence-electron chi connectivity index (χ4n) is 2.88. The summed E-state index contributed by atoms with van der Waals surface area (Å²) < 4.78 is 6.75. The van der Waals surface area contributed by atoms with Crippen LogP contribution in [0.5, 0.6) is 5.75 Å². The highest BCUT2D eigenvalue weighted by Gasteiger charge is 2.25. The number of hydrogen-bond acceptors (Lipinski definition) is 2. The van der Waals surface area contributed by atoms with E-state index in [9.17, 15) is 4.79 Å². The fourth-order valence-corrected chi connectivity index (χ4v) is 3.24. The molecule has 0 bridgehead atoms. The van der Waals surface area contributed by atoms with Crippen LogP contribution < -0.4 is 4.74 Å². The molecule has 1 aliphatic rings. The van der Waals surface area contributed by atoms with Gasteiger partial charge in [-0.2, -0.15) is 0 Å². The van der Waals surface area contributed by atoms with Gasteiger partial charge in [-0.25, -0.2) is 0 Å². The normalized spacial score (nSPS) is 15.9. The number of benzene rings is 1. The van der Waals surface area contributed by atoms with Crippen LogP contribution in [0.15, 0.2) is 22.7 Å². The molecule has 1 aliphatic carbocycles.